The summed E-state index contributed by atoms with van der Waals surface area (Å²) in [6.07, 6.45) is 1.71. The first-order valence-electron chi connectivity index (χ1n) is 8.21. The van der Waals surface area contributed by atoms with E-state index in [1.54, 1.807) is 24.4 Å². The van der Waals surface area contributed by atoms with Crippen molar-refractivity contribution >= 4 is 5.69 Å². The maximum Gasteiger partial charge on any atom is 0.181 e. The zero-order valence-electron chi connectivity index (χ0n) is 14.1. The maximum atomic E-state index is 14.1. The average Bonchev–Trinajstić information content (AvgIpc) is 3.30. The lowest BCUT2D eigenvalue weighted by Gasteiger charge is -2.08. The van der Waals surface area contributed by atoms with Crippen molar-refractivity contribution in [2.24, 2.45) is 0 Å². The van der Waals surface area contributed by atoms with E-state index in [0.29, 0.717) is 23.6 Å². The number of benzene rings is 2. The van der Waals surface area contributed by atoms with Crippen LogP contribution in [0.25, 0.3) is 22.6 Å². The van der Waals surface area contributed by atoms with Gasteiger partial charge < -0.3 is 5.32 Å². The molecular formula is C19H17FN6. The number of aryl methyl sites for hydroxylation is 1. The Kier molecular flexibility index (Phi) is 4.18. The number of H-pyrrole nitrogens is 2. The predicted octanol–water partition coefficient (Wildman–Crippen LogP) is 3.92. The third-order valence-corrected chi connectivity index (χ3v) is 4.06. The predicted molar refractivity (Wildman–Crippen MR) is 97.9 cm³/mol. The molecule has 0 aliphatic carbocycles. The minimum Gasteiger partial charge on any atom is -0.381 e. The van der Waals surface area contributed by atoms with E-state index in [2.05, 4.69) is 30.7 Å². The zero-order chi connectivity index (χ0) is 17.9. The van der Waals surface area contributed by atoms with Crippen LogP contribution in [0.15, 0.2) is 54.7 Å². The number of aromatic nitrogens is 5. The Labute approximate surface area is 149 Å². The fourth-order valence-corrected chi connectivity index (χ4v) is 2.78. The standard InChI is InChI=1S/C19H17FN6/c1-12-23-19(26-24-12)13-5-4-6-15(9-13)21-10-14-11-22-25-18(14)16-7-2-3-8-17(16)20/h2-9,11,21H,10H2,1H3,(H,22,25)(H,23,24,26). The lowest BCUT2D eigenvalue weighted by atomic mass is 10.1. The van der Waals surface area contributed by atoms with Crippen molar-refractivity contribution in [3.8, 4) is 22.6 Å². The second-order valence-electron chi connectivity index (χ2n) is 5.93. The van der Waals surface area contributed by atoms with Crippen LogP contribution in [0.5, 0.6) is 0 Å². The van der Waals surface area contributed by atoms with Crippen molar-refractivity contribution in [2.45, 2.75) is 13.5 Å². The second kappa shape index (κ2) is 6.79. The van der Waals surface area contributed by atoms with Gasteiger partial charge in [0.1, 0.15) is 11.6 Å². The molecule has 26 heavy (non-hydrogen) atoms. The van der Waals surface area contributed by atoms with Crippen LogP contribution >= 0.6 is 0 Å². The third kappa shape index (κ3) is 3.19. The number of nitrogens with zero attached hydrogens (tertiary/aromatic N) is 3. The van der Waals surface area contributed by atoms with E-state index >= 15 is 0 Å². The Morgan fingerprint density at radius 2 is 1.96 bits per heavy atom. The summed E-state index contributed by atoms with van der Waals surface area (Å²) >= 11 is 0. The van der Waals surface area contributed by atoms with Crippen LogP contribution in [-0.2, 0) is 6.54 Å². The fraction of sp³-hybridized carbons (Fsp3) is 0.105. The average molecular weight is 348 g/mol. The molecule has 2 heterocycles. The van der Waals surface area contributed by atoms with Gasteiger partial charge in [0.15, 0.2) is 5.82 Å². The Hall–Kier alpha value is -3.48. The molecule has 0 bridgehead atoms. The smallest absolute Gasteiger partial charge is 0.181 e. The van der Waals surface area contributed by atoms with Gasteiger partial charge in [0.25, 0.3) is 0 Å². The number of halogens is 1. The summed E-state index contributed by atoms with van der Waals surface area (Å²) in [7, 11) is 0. The molecule has 4 rings (SSSR count). The van der Waals surface area contributed by atoms with Crippen LogP contribution in [0.3, 0.4) is 0 Å². The molecule has 7 heteroatoms. The summed E-state index contributed by atoms with van der Waals surface area (Å²) < 4.78 is 14.1. The largest absolute Gasteiger partial charge is 0.381 e. The van der Waals surface area contributed by atoms with Gasteiger partial charge in [-0.3, -0.25) is 10.2 Å². The highest BCUT2D eigenvalue weighted by molar-refractivity contribution is 5.65. The molecule has 0 radical (unpaired) electrons. The Morgan fingerprint density at radius 1 is 1.08 bits per heavy atom. The van der Waals surface area contributed by atoms with E-state index in [-0.39, 0.29) is 5.82 Å². The van der Waals surface area contributed by atoms with Gasteiger partial charge in [-0.25, -0.2) is 9.37 Å². The number of rotatable bonds is 5. The molecule has 130 valence electrons. The van der Waals surface area contributed by atoms with Gasteiger partial charge >= 0.3 is 0 Å². The molecular weight excluding hydrogens is 331 g/mol. The first-order valence-corrected chi connectivity index (χ1v) is 8.21. The van der Waals surface area contributed by atoms with E-state index < -0.39 is 0 Å². The monoisotopic (exact) mass is 348 g/mol. The van der Waals surface area contributed by atoms with Crippen molar-refractivity contribution in [2.75, 3.05) is 5.32 Å². The van der Waals surface area contributed by atoms with Crippen molar-refractivity contribution in [1.29, 1.82) is 0 Å². The van der Waals surface area contributed by atoms with Gasteiger partial charge in [-0.1, -0.05) is 24.3 Å². The van der Waals surface area contributed by atoms with E-state index in [1.165, 1.54) is 6.07 Å². The molecule has 0 amide bonds. The quantitative estimate of drug-likeness (QED) is 0.510. The Morgan fingerprint density at radius 3 is 2.77 bits per heavy atom. The van der Waals surface area contributed by atoms with Crippen LogP contribution in [0, 0.1) is 12.7 Å². The highest BCUT2D eigenvalue weighted by atomic mass is 19.1. The van der Waals surface area contributed by atoms with E-state index in [4.69, 9.17) is 0 Å². The first-order chi connectivity index (χ1) is 12.7. The Bertz CT molecular complexity index is 1040. The Balaban J connectivity index is 1.54. The topological polar surface area (TPSA) is 82.3 Å². The molecule has 0 saturated carbocycles. The molecule has 2 aromatic carbocycles. The minimum absolute atomic E-state index is 0.278. The van der Waals surface area contributed by atoms with Crippen molar-refractivity contribution in [3.63, 3.8) is 0 Å². The zero-order valence-corrected chi connectivity index (χ0v) is 14.1. The van der Waals surface area contributed by atoms with Crippen molar-refractivity contribution in [3.05, 3.63) is 71.9 Å². The van der Waals surface area contributed by atoms with Crippen LogP contribution in [-0.4, -0.2) is 25.4 Å². The number of aromatic amines is 2. The van der Waals surface area contributed by atoms with Gasteiger partial charge in [-0.05, 0) is 31.2 Å². The molecule has 0 aliphatic rings. The van der Waals surface area contributed by atoms with Gasteiger partial charge in [0, 0.05) is 28.9 Å². The first kappa shape index (κ1) is 16.0. The molecule has 0 aliphatic heterocycles. The SMILES string of the molecule is Cc1nc(-c2cccc(NCc3cn[nH]c3-c3ccccc3F)c2)n[nH]1. The molecule has 4 aromatic rings. The van der Waals surface area contributed by atoms with Crippen LogP contribution in [0.2, 0.25) is 0 Å². The summed E-state index contributed by atoms with van der Waals surface area (Å²) in [5.74, 6) is 1.15. The van der Waals surface area contributed by atoms with Crippen molar-refractivity contribution in [1.82, 2.24) is 25.4 Å². The summed E-state index contributed by atoms with van der Waals surface area (Å²) in [5, 5.41) is 17.3. The molecule has 0 spiro atoms. The molecule has 6 nitrogen and oxygen atoms in total. The van der Waals surface area contributed by atoms with E-state index in [1.807, 2.05) is 31.2 Å². The van der Waals surface area contributed by atoms with Gasteiger partial charge in [0.2, 0.25) is 0 Å². The van der Waals surface area contributed by atoms with Gasteiger partial charge in [0.05, 0.1) is 11.9 Å². The van der Waals surface area contributed by atoms with Crippen LogP contribution in [0.4, 0.5) is 10.1 Å². The summed E-state index contributed by atoms with van der Waals surface area (Å²) in [4.78, 5) is 4.34. The van der Waals surface area contributed by atoms with E-state index in [9.17, 15) is 4.39 Å². The summed E-state index contributed by atoms with van der Waals surface area (Å²) in [6.45, 7) is 2.37. The normalized spacial score (nSPS) is 10.8. The lowest BCUT2D eigenvalue weighted by molar-refractivity contribution is 0.630. The third-order valence-electron chi connectivity index (χ3n) is 4.06. The fourth-order valence-electron chi connectivity index (χ4n) is 2.78. The van der Waals surface area contributed by atoms with Gasteiger partial charge in [-0.15, -0.1) is 0 Å². The minimum atomic E-state index is -0.278. The summed E-state index contributed by atoms with van der Waals surface area (Å²) in [5.41, 5.74) is 3.91. The maximum absolute atomic E-state index is 14.1. The highest BCUT2D eigenvalue weighted by Crippen LogP contribution is 2.25. The second-order valence-corrected chi connectivity index (χ2v) is 5.93. The number of hydrogen-bond donors (Lipinski definition) is 3. The van der Waals surface area contributed by atoms with Crippen LogP contribution < -0.4 is 5.32 Å². The number of nitrogens with one attached hydrogen (secondary N) is 3. The molecule has 0 atom stereocenters. The lowest BCUT2D eigenvalue weighted by Crippen LogP contribution is -2.00. The van der Waals surface area contributed by atoms with Gasteiger partial charge in [-0.2, -0.15) is 10.2 Å². The molecule has 2 aromatic heterocycles. The number of hydrogen-bond acceptors (Lipinski definition) is 4. The van der Waals surface area contributed by atoms with E-state index in [0.717, 1.165) is 22.6 Å². The molecule has 0 saturated heterocycles. The molecule has 0 unspecified atom stereocenters. The number of anilines is 1. The summed E-state index contributed by atoms with van der Waals surface area (Å²) in [6, 6.07) is 14.5. The molecule has 3 N–H and O–H groups in total. The molecule has 0 fully saturated rings. The van der Waals surface area contributed by atoms with Crippen LogP contribution in [0.1, 0.15) is 11.4 Å². The highest BCUT2D eigenvalue weighted by Gasteiger charge is 2.12. The van der Waals surface area contributed by atoms with Crippen molar-refractivity contribution < 1.29 is 4.39 Å².